The molecule has 2 heterocycles. The van der Waals surface area contributed by atoms with Gasteiger partial charge in [-0.25, -0.2) is 4.39 Å². The molecule has 1 aliphatic rings. The number of hydrogen-bond acceptors (Lipinski definition) is 4. The SMILES string of the molecule is CC(O)c1c(F)cccc1N1CCn2cnnc2C1. The van der Waals surface area contributed by atoms with Crippen molar-refractivity contribution in [1.82, 2.24) is 14.8 Å². The molecule has 1 aliphatic heterocycles. The van der Waals surface area contributed by atoms with E-state index in [1.165, 1.54) is 6.07 Å². The number of halogens is 1. The fourth-order valence-electron chi connectivity index (χ4n) is 2.49. The molecular formula is C13H15FN4O. The van der Waals surface area contributed by atoms with Crippen LogP contribution in [-0.2, 0) is 13.1 Å². The Bertz CT molecular complexity index is 596. The third-order valence-electron chi connectivity index (χ3n) is 3.43. The number of nitrogens with zero attached hydrogens (tertiary/aromatic N) is 4. The summed E-state index contributed by atoms with van der Waals surface area (Å²) in [7, 11) is 0. The lowest BCUT2D eigenvalue weighted by atomic mass is 10.1. The third kappa shape index (κ3) is 2.08. The topological polar surface area (TPSA) is 54.2 Å². The van der Waals surface area contributed by atoms with E-state index in [2.05, 4.69) is 10.2 Å². The maximum absolute atomic E-state index is 13.9. The number of hydrogen-bond donors (Lipinski definition) is 1. The predicted octanol–water partition coefficient (Wildman–Crippen LogP) is 1.49. The van der Waals surface area contributed by atoms with Crippen molar-refractivity contribution in [3.63, 3.8) is 0 Å². The molecule has 0 spiro atoms. The van der Waals surface area contributed by atoms with E-state index in [9.17, 15) is 9.50 Å². The lowest BCUT2D eigenvalue weighted by molar-refractivity contribution is 0.194. The van der Waals surface area contributed by atoms with Crippen LogP contribution in [0.1, 0.15) is 24.4 Å². The number of benzene rings is 1. The van der Waals surface area contributed by atoms with Crippen LogP contribution in [0.25, 0.3) is 0 Å². The molecule has 5 nitrogen and oxygen atoms in total. The van der Waals surface area contributed by atoms with E-state index in [4.69, 9.17) is 0 Å². The highest BCUT2D eigenvalue weighted by Gasteiger charge is 2.22. The second-order valence-corrected chi connectivity index (χ2v) is 4.71. The molecule has 19 heavy (non-hydrogen) atoms. The molecule has 0 saturated heterocycles. The van der Waals surface area contributed by atoms with Crippen molar-refractivity contribution < 1.29 is 9.50 Å². The van der Waals surface area contributed by atoms with Crippen LogP contribution in [0.3, 0.4) is 0 Å². The van der Waals surface area contributed by atoms with Crippen molar-refractivity contribution in [2.75, 3.05) is 11.4 Å². The maximum atomic E-state index is 13.9. The first kappa shape index (κ1) is 12.1. The Kier molecular flexibility index (Phi) is 2.94. The van der Waals surface area contributed by atoms with Gasteiger partial charge in [-0.05, 0) is 19.1 Å². The Labute approximate surface area is 110 Å². The molecule has 1 N–H and O–H groups in total. The van der Waals surface area contributed by atoms with E-state index in [-0.39, 0.29) is 5.82 Å². The van der Waals surface area contributed by atoms with Crippen LogP contribution in [0.2, 0.25) is 0 Å². The molecule has 0 fully saturated rings. The van der Waals surface area contributed by atoms with Gasteiger partial charge in [0.05, 0.1) is 12.6 Å². The maximum Gasteiger partial charge on any atom is 0.152 e. The molecule has 1 atom stereocenters. The highest BCUT2D eigenvalue weighted by atomic mass is 19.1. The minimum Gasteiger partial charge on any atom is -0.389 e. The summed E-state index contributed by atoms with van der Waals surface area (Å²) in [5.41, 5.74) is 1.07. The molecular weight excluding hydrogens is 247 g/mol. The third-order valence-corrected chi connectivity index (χ3v) is 3.43. The fraction of sp³-hybridized carbons (Fsp3) is 0.385. The monoisotopic (exact) mass is 262 g/mol. The predicted molar refractivity (Wildman–Crippen MR) is 68.1 cm³/mol. The quantitative estimate of drug-likeness (QED) is 0.891. The van der Waals surface area contributed by atoms with Gasteiger partial charge in [-0.15, -0.1) is 10.2 Å². The molecule has 0 amide bonds. The van der Waals surface area contributed by atoms with Gasteiger partial charge in [0.1, 0.15) is 12.1 Å². The van der Waals surface area contributed by atoms with Crippen LogP contribution in [0.15, 0.2) is 24.5 Å². The molecule has 0 radical (unpaired) electrons. The van der Waals surface area contributed by atoms with Gasteiger partial charge >= 0.3 is 0 Å². The molecule has 2 aromatic rings. The molecule has 1 aromatic heterocycles. The number of rotatable bonds is 2. The zero-order chi connectivity index (χ0) is 13.4. The Morgan fingerprint density at radius 1 is 1.37 bits per heavy atom. The van der Waals surface area contributed by atoms with Gasteiger partial charge in [-0.2, -0.15) is 0 Å². The summed E-state index contributed by atoms with van der Waals surface area (Å²) in [6.45, 7) is 3.66. The van der Waals surface area contributed by atoms with Crippen molar-refractivity contribution >= 4 is 5.69 Å². The summed E-state index contributed by atoms with van der Waals surface area (Å²) < 4.78 is 15.9. The zero-order valence-electron chi connectivity index (χ0n) is 10.6. The average molecular weight is 262 g/mol. The van der Waals surface area contributed by atoms with E-state index in [0.717, 1.165) is 24.6 Å². The first-order chi connectivity index (χ1) is 9.16. The van der Waals surface area contributed by atoms with Gasteiger partial charge in [0, 0.05) is 24.3 Å². The van der Waals surface area contributed by atoms with Crippen molar-refractivity contribution in [3.05, 3.63) is 41.7 Å². The number of aliphatic hydroxyl groups excluding tert-OH is 1. The minimum absolute atomic E-state index is 0.343. The molecule has 0 aliphatic carbocycles. The highest BCUT2D eigenvalue weighted by molar-refractivity contribution is 5.55. The Balaban J connectivity index is 1.98. The van der Waals surface area contributed by atoms with Crippen LogP contribution in [-0.4, -0.2) is 26.4 Å². The van der Waals surface area contributed by atoms with Crippen LogP contribution < -0.4 is 4.90 Å². The van der Waals surface area contributed by atoms with Gasteiger partial charge in [0.2, 0.25) is 0 Å². The Morgan fingerprint density at radius 2 is 2.21 bits per heavy atom. The summed E-state index contributed by atoms with van der Waals surface area (Å²) in [5.74, 6) is 0.478. The van der Waals surface area contributed by atoms with Crippen LogP contribution in [0.5, 0.6) is 0 Å². The standard InChI is InChI=1S/C13H15FN4O/c1-9(19)13-10(14)3-2-4-11(13)17-5-6-18-8-15-16-12(18)7-17/h2-4,8-9,19H,5-7H2,1H3. The largest absolute Gasteiger partial charge is 0.389 e. The average Bonchev–Trinajstić information content (AvgIpc) is 2.85. The van der Waals surface area contributed by atoms with Crippen LogP contribution in [0, 0.1) is 5.82 Å². The van der Waals surface area contributed by atoms with Crippen molar-refractivity contribution in [2.45, 2.75) is 26.1 Å². The second kappa shape index (κ2) is 4.62. The Morgan fingerprint density at radius 3 is 3.00 bits per heavy atom. The number of aliphatic hydroxyl groups is 1. The summed E-state index contributed by atoms with van der Waals surface area (Å²) in [5, 5.41) is 17.7. The first-order valence-corrected chi connectivity index (χ1v) is 6.25. The lowest BCUT2D eigenvalue weighted by Crippen LogP contribution is -2.34. The molecule has 0 saturated carbocycles. The van der Waals surface area contributed by atoms with Crippen molar-refractivity contribution in [1.29, 1.82) is 0 Å². The molecule has 100 valence electrons. The van der Waals surface area contributed by atoms with Crippen molar-refractivity contribution in [2.24, 2.45) is 0 Å². The minimum atomic E-state index is -0.837. The van der Waals surface area contributed by atoms with Gasteiger partial charge in [-0.1, -0.05) is 6.07 Å². The van der Waals surface area contributed by atoms with Crippen LogP contribution >= 0.6 is 0 Å². The first-order valence-electron chi connectivity index (χ1n) is 6.25. The number of aromatic nitrogens is 3. The normalized spacial score (nSPS) is 16.3. The lowest BCUT2D eigenvalue weighted by Gasteiger charge is -2.31. The summed E-state index contributed by atoms with van der Waals surface area (Å²) >= 11 is 0. The summed E-state index contributed by atoms with van der Waals surface area (Å²) in [6.07, 6.45) is 0.865. The highest BCUT2D eigenvalue weighted by Crippen LogP contribution is 2.30. The number of anilines is 1. The van der Waals surface area contributed by atoms with Gasteiger partial charge in [0.25, 0.3) is 0 Å². The second-order valence-electron chi connectivity index (χ2n) is 4.71. The molecule has 6 heteroatoms. The van der Waals surface area contributed by atoms with Gasteiger partial charge in [-0.3, -0.25) is 0 Å². The molecule has 0 bridgehead atoms. The zero-order valence-corrected chi connectivity index (χ0v) is 10.6. The molecule has 1 aromatic carbocycles. The van der Waals surface area contributed by atoms with E-state index < -0.39 is 6.10 Å². The Hall–Kier alpha value is -1.95. The molecule has 1 unspecified atom stereocenters. The fourth-order valence-corrected chi connectivity index (χ4v) is 2.49. The van der Waals surface area contributed by atoms with E-state index >= 15 is 0 Å². The van der Waals surface area contributed by atoms with E-state index in [0.29, 0.717) is 12.1 Å². The molecule has 3 rings (SSSR count). The van der Waals surface area contributed by atoms with Gasteiger partial charge < -0.3 is 14.6 Å². The van der Waals surface area contributed by atoms with Crippen LogP contribution in [0.4, 0.5) is 10.1 Å². The van der Waals surface area contributed by atoms with E-state index in [1.54, 1.807) is 19.3 Å². The van der Waals surface area contributed by atoms with Gasteiger partial charge in [0.15, 0.2) is 5.82 Å². The summed E-state index contributed by atoms with van der Waals surface area (Å²) in [4.78, 5) is 2.02. The number of fused-ring (bicyclic) bond motifs is 1. The van der Waals surface area contributed by atoms with Crippen molar-refractivity contribution in [3.8, 4) is 0 Å². The van der Waals surface area contributed by atoms with E-state index in [1.807, 2.05) is 15.5 Å². The smallest absolute Gasteiger partial charge is 0.152 e. The summed E-state index contributed by atoms with van der Waals surface area (Å²) in [6, 6.07) is 4.87.